The van der Waals surface area contributed by atoms with E-state index in [4.69, 9.17) is 9.84 Å². The Morgan fingerprint density at radius 1 is 1.12 bits per heavy atom. The van der Waals surface area contributed by atoms with Crippen molar-refractivity contribution in [3.8, 4) is 0 Å². The van der Waals surface area contributed by atoms with Crippen molar-refractivity contribution >= 4 is 0 Å². The normalized spacial score (nSPS) is 33.6. The molecule has 1 aliphatic rings. The van der Waals surface area contributed by atoms with Crippen molar-refractivity contribution < 1.29 is 25.2 Å². The molecule has 3 unspecified atom stereocenters. The van der Waals surface area contributed by atoms with Gasteiger partial charge in [0.15, 0.2) is 6.29 Å². The summed E-state index contributed by atoms with van der Waals surface area (Å²) in [4.78, 5) is 1.86. The third-order valence-electron chi connectivity index (χ3n) is 5.25. The molecule has 0 aromatic carbocycles. The molecule has 1 fully saturated rings. The van der Waals surface area contributed by atoms with E-state index < -0.39 is 37.3 Å². The highest BCUT2D eigenvalue weighted by Crippen LogP contribution is 2.26. The largest absolute Gasteiger partial charge is 0.394 e. The molecule has 1 aliphatic heterocycles. The van der Waals surface area contributed by atoms with Crippen LogP contribution in [0.25, 0.3) is 0 Å². The molecule has 0 radical (unpaired) electrons. The summed E-state index contributed by atoms with van der Waals surface area (Å²) in [5.41, 5.74) is 0. The standard InChI is InChI=1S/C18H37NO5/c1-5-7-8-13(6-2)9-12(3)10-19(4)15-17(22)16(21)14(11-20)24-18(15)23/h12-18,20-23H,5-11H2,1-4H3/t12?,13?,14-,15-,16-,17-,18?/m1/s1. The summed E-state index contributed by atoms with van der Waals surface area (Å²) in [7, 11) is 1.83. The van der Waals surface area contributed by atoms with E-state index in [1.54, 1.807) is 0 Å². The number of hydrogen-bond acceptors (Lipinski definition) is 6. The van der Waals surface area contributed by atoms with Crippen LogP contribution in [0.2, 0.25) is 0 Å². The summed E-state index contributed by atoms with van der Waals surface area (Å²) in [6.45, 7) is 6.89. The molecule has 0 aliphatic carbocycles. The topological polar surface area (TPSA) is 93.4 Å². The SMILES string of the molecule is CCCCC(CC)CC(C)CN(C)[C@H]1C(O)O[C@H](CO)[C@@H](O)[C@@H]1O. The maximum atomic E-state index is 10.3. The number of nitrogens with zero attached hydrogens (tertiary/aromatic N) is 1. The van der Waals surface area contributed by atoms with E-state index in [2.05, 4.69) is 20.8 Å². The average Bonchev–Trinajstić information content (AvgIpc) is 2.54. The number of unbranched alkanes of at least 4 members (excludes halogenated alkanes) is 1. The quantitative estimate of drug-likeness (QED) is 0.470. The summed E-state index contributed by atoms with van der Waals surface area (Å²) in [6.07, 6.45) is 1.48. The Hall–Kier alpha value is -0.240. The van der Waals surface area contributed by atoms with Crippen molar-refractivity contribution in [2.75, 3.05) is 20.2 Å². The number of hydrogen-bond donors (Lipinski definition) is 4. The lowest BCUT2D eigenvalue weighted by atomic mass is 9.88. The minimum Gasteiger partial charge on any atom is -0.394 e. The van der Waals surface area contributed by atoms with Crippen LogP contribution in [0.4, 0.5) is 0 Å². The van der Waals surface area contributed by atoms with Crippen LogP contribution in [0.15, 0.2) is 0 Å². The van der Waals surface area contributed by atoms with Crippen molar-refractivity contribution in [1.82, 2.24) is 4.90 Å². The third kappa shape index (κ3) is 5.93. The van der Waals surface area contributed by atoms with Gasteiger partial charge in [-0.25, -0.2) is 0 Å². The Labute approximate surface area is 146 Å². The van der Waals surface area contributed by atoms with Crippen molar-refractivity contribution in [2.24, 2.45) is 11.8 Å². The zero-order valence-corrected chi connectivity index (χ0v) is 15.6. The molecule has 7 atom stereocenters. The van der Waals surface area contributed by atoms with E-state index in [1.165, 1.54) is 25.7 Å². The van der Waals surface area contributed by atoms with E-state index in [9.17, 15) is 15.3 Å². The fraction of sp³-hybridized carbons (Fsp3) is 1.00. The summed E-state index contributed by atoms with van der Waals surface area (Å²) in [6, 6.07) is -0.694. The van der Waals surface area contributed by atoms with Crippen LogP contribution in [-0.2, 0) is 4.74 Å². The van der Waals surface area contributed by atoms with Crippen molar-refractivity contribution in [1.29, 1.82) is 0 Å². The first kappa shape index (κ1) is 21.8. The second kappa shape index (κ2) is 10.7. The number of aliphatic hydroxyl groups excluding tert-OH is 4. The molecule has 0 saturated carbocycles. The molecule has 6 heteroatoms. The number of ether oxygens (including phenoxy) is 1. The number of aliphatic hydroxyl groups is 4. The maximum Gasteiger partial charge on any atom is 0.173 e. The van der Waals surface area contributed by atoms with Crippen LogP contribution in [0.5, 0.6) is 0 Å². The van der Waals surface area contributed by atoms with Gasteiger partial charge < -0.3 is 25.2 Å². The van der Waals surface area contributed by atoms with Crippen LogP contribution in [0.3, 0.4) is 0 Å². The lowest BCUT2D eigenvalue weighted by Gasteiger charge is -2.44. The molecule has 0 spiro atoms. The molecule has 144 valence electrons. The number of likely N-dealkylation sites (N-methyl/N-ethyl adjacent to an activating group) is 1. The molecule has 0 aromatic rings. The van der Waals surface area contributed by atoms with Gasteiger partial charge in [-0.2, -0.15) is 0 Å². The molecule has 1 saturated heterocycles. The lowest BCUT2D eigenvalue weighted by molar-refractivity contribution is -0.271. The van der Waals surface area contributed by atoms with Gasteiger partial charge in [-0.1, -0.05) is 46.5 Å². The fourth-order valence-corrected chi connectivity index (χ4v) is 3.80. The van der Waals surface area contributed by atoms with Crippen LogP contribution in [-0.4, -0.2) is 76.2 Å². The molecule has 1 heterocycles. The van der Waals surface area contributed by atoms with Crippen LogP contribution in [0, 0.1) is 11.8 Å². The first-order chi connectivity index (χ1) is 11.3. The van der Waals surface area contributed by atoms with Gasteiger partial charge in [0, 0.05) is 6.54 Å². The van der Waals surface area contributed by atoms with Gasteiger partial charge in [-0.3, -0.25) is 4.90 Å². The van der Waals surface area contributed by atoms with E-state index in [-0.39, 0.29) is 0 Å². The predicted molar refractivity (Wildman–Crippen MR) is 93.5 cm³/mol. The molecular formula is C18H37NO5. The monoisotopic (exact) mass is 347 g/mol. The second-order valence-corrected chi connectivity index (χ2v) is 7.42. The highest BCUT2D eigenvalue weighted by atomic mass is 16.6. The molecule has 1 rings (SSSR count). The van der Waals surface area contributed by atoms with Gasteiger partial charge in [0.25, 0.3) is 0 Å². The third-order valence-corrected chi connectivity index (χ3v) is 5.25. The van der Waals surface area contributed by atoms with Crippen LogP contribution in [0.1, 0.15) is 52.9 Å². The zero-order valence-electron chi connectivity index (χ0n) is 15.6. The molecule has 6 nitrogen and oxygen atoms in total. The minimum atomic E-state index is -1.22. The van der Waals surface area contributed by atoms with Gasteiger partial charge in [-0.15, -0.1) is 0 Å². The van der Waals surface area contributed by atoms with Gasteiger partial charge >= 0.3 is 0 Å². The van der Waals surface area contributed by atoms with Gasteiger partial charge in [0.2, 0.25) is 0 Å². The van der Waals surface area contributed by atoms with Crippen LogP contribution < -0.4 is 0 Å². The van der Waals surface area contributed by atoms with Gasteiger partial charge in [-0.05, 0) is 25.3 Å². The van der Waals surface area contributed by atoms with Crippen molar-refractivity contribution in [2.45, 2.75) is 83.5 Å². The maximum absolute atomic E-state index is 10.3. The lowest BCUT2D eigenvalue weighted by Crippen LogP contribution is -2.63. The highest BCUT2D eigenvalue weighted by molar-refractivity contribution is 4.93. The second-order valence-electron chi connectivity index (χ2n) is 7.42. The average molecular weight is 347 g/mol. The van der Waals surface area contributed by atoms with Crippen LogP contribution >= 0.6 is 0 Å². The summed E-state index contributed by atoms with van der Waals surface area (Å²) in [5, 5.41) is 39.6. The molecule has 24 heavy (non-hydrogen) atoms. The van der Waals surface area contributed by atoms with E-state index in [0.29, 0.717) is 18.4 Å². The predicted octanol–water partition coefficient (Wildman–Crippen LogP) is 0.961. The summed E-state index contributed by atoms with van der Waals surface area (Å²) < 4.78 is 5.24. The first-order valence-electron chi connectivity index (χ1n) is 9.36. The molecule has 0 aromatic heterocycles. The summed E-state index contributed by atoms with van der Waals surface area (Å²) in [5.74, 6) is 1.12. The highest BCUT2D eigenvalue weighted by Gasteiger charge is 2.45. The van der Waals surface area contributed by atoms with E-state index in [0.717, 1.165) is 6.42 Å². The Balaban J connectivity index is 2.57. The number of rotatable bonds is 10. The Kier molecular flexibility index (Phi) is 9.71. The first-order valence-corrected chi connectivity index (χ1v) is 9.36. The smallest absolute Gasteiger partial charge is 0.173 e. The molecule has 0 bridgehead atoms. The fourth-order valence-electron chi connectivity index (χ4n) is 3.80. The molecule has 4 N–H and O–H groups in total. The van der Waals surface area contributed by atoms with Gasteiger partial charge in [0.05, 0.1) is 12.6 Å². The molecule has 0 amide bonds. The Morgan fingerprint density at radius 3 is 2.33 bits per heavy atom. The minimum absolute atomic E-state index is 0.420. The molecular weight excluding hydrogens is 310 g/mol. The summed E-state index contributed by atoms with van der Waals surface area (Å²) >= 11 is 0. The van der Waals surface area contributed by atoms with Gasteiger partial charge in [0.1, 0.15) is 18.3 Å². The Morgan fingerprint density at radius 2 is 1.79 bits per heavy atom. The van der Waals surface area contributed by atoms with E-state index in [1.807, 2.05) is 11.9 Å². The van der Waals surface area contributed by atoms with Crippen molar-refractivity contribution in [3.05, 3.63) is 0 Å². The Bertz CT molecular complexity index is 343. The zero-order chi connectivity index (χ0) is 18.3. The van der Waals surface area contributed by atoms with E-state index >= 15 is 0 Å². The van der Waals surface area contributed by atoms with Crippen molar-refractivity contribution in [3.63, 3.8) is 0 Å².